The van der Waals surface area contributed by atoms with Gasteiger partial charge in [-0.25, -0.2) is 16.8 Å². The van der Waals surface area contributed by atoms with Crippen molar-refractivity contribution in [3.63, 3.8) is 0 Å². The topological polar surface area (TPSA) is 217 Å². The molecule has 2 aliphatic heterocycles. The van der Waals surface area contributed by atoms with Crippen LogP contribution in [-0.4, -0.2) is 73.8 Å². The molecular weight excluding hydrogens is 900 g/mol. The van der Waals surface area contributed by atoms with Gasteiger partial charge < -0.3 is 19.3 Å². The highest BCUT2D eigenvalue weighted by Gasteiger charge is 2.46. The smallest absolute Gasteiger partial charge is 0.265 e. The van der Waals surface area contributed by atoms with Gasteiger partial charge in [-0.2, -0.15) is 17.3 Å². The second-order valence-electron chi connectivity index (χ2n) is 16.5. The molecule has 4 aromatic rings. The predicted molar refractivity (Wildman–Crippen MR) is 235 cm³/mol. The number of nitrogens with zero attached hydrogens (tertiary/aromatic N) is 2. The maximum atomic E-state index is 11.8. The lowest BCUT2D eigenvalue weighted by Gasteiger charge is -2.27. The first-order valence-electron chi connectivity index (χ1n) is 19.5. The summed E-state index contributed by atoms with van der Waals surface area (Å²) in [6.07, 6.45) is 9.31. The molecule has 0 saturated carbocycles. The Hall–Kier alpha value is -3.92. The van der Waals surface area contributed by atoms with E-state index in [1.165, 1.54) is 12.1 Å². The van der Waals surface area contributed by atoms with Crippen molar-refractivity contribution >= 4 is 92.6 Å². The van der Waals surface area contributed by atoms with Gasteiger partial charge in [-0.05, 0) is 114 Å². The third-order valence-corrected chi connectivity index (χ3v) is 15.2. The third-order valence-electron chi connectivity index (χ3n) is 11.8. The van der Waals surface area contributed by atoms with Crippen LogP contribution in [0.3, 0.4) is 0 Å². The quantitative estimate of drug-likeness (QED) is 0.0411. The number of allylic oxidation sites excluding steroid dienone is 8. The first-order chi connectivity index (χ1) is 29.0. The van der Waals surface area contributed by atoms with E-state index < -0.39 is 52.7 Å². The highest BCUT2D eigenvalue weighted by molar-refractivity contribution is 7.94. The summed E-state index contributed by atoms with van der Waals surface area (Å²) in [5.41, 5.74) is 5.67. The highest BCUT2D eigenvalue weighted by atomic mass is 35.5. The van der Waals surface area contributed by atoms with Crippen LogP contribution < -0.4 is 10.2 Å². The minimum Gasteiger partial charge on any atom is -0.748 e. The van der Waals surface area contributed by atoms with Crippen LogP contribution in [0.5, 0.6) is 0 Å². The number of hydrogen-bond donors (Lipinski definition) is 1. The summed E-state index contributed by atoms with van der Waals surface area (Å²) in [7, 11) is -13.4. The fourth-order valence-electron chi connectivity index (χ4n) is 9.06. The van der Waals surface area contributed by atoms with Crippen molar-refractivity contribution in [3.8, 4) is 0 Å². The molecule has 0 amide bonds. The second-order valence-corrected chi connectivity index (χ2v) is 22.1. The lowest BCUT2D eigenvalue weighted by atomic mass is 9.79. The highest BCUT2D eigenvalue weighted by Crippen LogP contribution is 2.52. The van der Waals surface area contributed by atoms with Crippen molar-refractivity contribution in [3.05, 3.63) is 118 Å². The van der Waals surface area contributed by atoms with Gasteiger partial charge in [0.1, 0.15) is 16.7 Å². The lowest BCUT2D eigenvalue weighted by Crippen LogP contribution is -2.28. The summed E-state index contributed by atoms with van der Waals surface area (Å²) in [4.78, 5) is 2.35. The summed E-state index contributed by atoms with van der Waals surface area (Å²) >= 11 is 7.91. The standard InChI is InChI=1S/C43H45ClN2O12S4/c1-42(2)37(45(21-5-23-60(48,49)50)35-17-9-29-25-31(59-58-57-47)13-15-33(29)39(35)42)19-11-27-7-8-28(41(27)44)12-20-38-43(3,4)40-34-16-14-32(62(54,55)56)26-30(34)10-18-36(40)46(38)22-6-24-61(51,52)53/h9-20,25-26H,5-8,21-24H2,1-4H3,(H3-,47,48,49,50,51,52,53,54,55,56)/p-2. The number of hydrogen-bond acceptors (Lipinski definition) is 13. The maximum absolute atomic E-state index is 11.8. The minimum atomic E-state index is -4.69. The summed E-state index contributed by atoms with van der Waals surface area (Å²) in [6.45, 7) is 8.68. The molecule has 1 aliphatic carbocycles. The molecule has 0 unspecified atom stereocenters. The Labute approximate surface area is 370 Å². The van der Waals surface area contributed by atoms with Gasteiger partial charge in [0, 0.05) is 63.2 Å². The molecule has 0 saturated heterocycles. The molecule has 14 nitrogen and oxygen atoms in total. The van der Waals surface area contributed by atoms with E-state index in [0.717, 1.165) is 73.3 Å². The number of anilines is 1. The molecule has 0 radical (unpaired) electrons. The van der Waals surface area contributed by atoms with Gasteiger partial charge in [0.15, 0.2) is 5.71 Å². The molecule has 0 spiro atoms. The van der Waals surface area contributed by atoms with Gasteiger partial charge in [0.05, 0.1) is 38.2 Å². The van der Waals surface area contributed by atoms with Gasteiger partial charge in [0.25, 0.3) is 10.1 Å². The molecule has 19 heteroatoms. The van der Waals surface area contributed by atoms with Crippen LogP contribution in [0.2, 0.25) is 0 Å². The number of halogens is 1. The molecule has 62 heavy (non-hydrogen) atoms. The van der Waals surface area contributed by atoms with Crippen LogP contribution in [0, 0.1) is 0 Å². The molecule has 7 rings (SSSR count). The number of benzene rings is 4. The Morgan fingerprint density at radius 3 is 2.23 bits per heavy atom. The number of fused-ring (bicyclic) bond motifs is 6. The molecule has 3 aliphatic rings. The van der Waals surface area contributed by atoms with Crippen LogP contribution in [0.15, 0.2) is 117 Å². The van der Waals surface area contributed by atoms with Crippen molar-refractivity contribution < 1.29 is 58.1 Å². The van der Waals surface area contributed by atoms with E-state index in [2.05, 4.69) is 23.2 Å². The first-order valence-corrected chi connectivity index (χ1v) is 25.3. The largest absolute Gasteiger partial charge is 0.748 e. The molecule has 0 fully saturated rings. The van der Waals surface area contributed by atoms with E-state index in [4.69, 9.17) is 11.6 Å². The molecule has 330 valence electrons. The number of rotatable bonds is 15. The van der Waals surface area contributed by atoms with Crippen LogP contribution >= 0.6 is 23.6 Å². The minimum absolute atomic E-state index is 0.107. The van der Waals surface area contributed by atoms with Crippen molar-refractivity contribution in [1.29, 1.82) is 0 Å². The van der Waals surface area contributed by atoms with Crippen LogP contribution in [0.4, 0.5) is 11.4 Å². The lowest BCUT2D eigenvalue weighted by molar-refractivity contribution is -0.777. The Morgan fingerprint density at radius 1 is 0.839 bits per heavy atom. The van der Waals surface area contributed by atoms with Crippen LogP contribution in [0.1, 0.15) is 64.5 Å². The normalized spacial score (nSPS) is 19.0. The second kappa shape index (κ2) is 17.2. The molecule has 4 aromatic carbocycles. The van der Waals surface area contributed by atoms with Gasteiger partial charge >= 0.3 is 0 Å². The van der Waals surface area contributed by atoms with E-state index >= 15 is 0 Å². The molecule has 1 N–H and O–H groups in total. The zero-order chi connectivity index (χ0) is 45.0. The monoisotopic (exact) mass is 942 g/mol. The molecule has 2 heterocycles. The molecule has 0 aromatic heterocycles. The summed E-state index contributed by atoms with van der Waals surface area (Å²) < 4.78 is 110. The van der Waals surface area contributed by atoms with E-state index in [-0.39, 0.29) is 30.8 Å². The average molecular weight is 944 g/mol. The Kier molecular flexibility index (Phi) is 12.8. The fraction of sp³-hybridized carbons (Fsp3) is 0.326. The Bertz CT molecular complexity index is 3010. The van der Waals surface area contributed by atoms with Crippen molar-refractivity contribution in [2.24, 2.45) is 0 Å². The molecule has 0 atom stereocenters. The molecule has 0 bridgehead atoms. The Balaban J connectivity index is 1.25. The first kappa shape index (κ1) is 46.1. The predicted octanol–water partition coefficient (Wildman–Crippen LogP) is 7.17. The van der Waals surface area contributed by atoms with Crippen LogP contribution in [-0.2, 0) is 50.6 Å². The maximum Gasteiger partial charge on any atom is 0.265 e. The van der Waals surface area contributed by atoms with Crippen molar-refractivity contribution in [2.75, 3.05) is 29.5 Å². The van der Waals surface area contributed by atoms with Crippen molar-refractivity contribution in [2.45, 2.75) is 74.0 Å². The van der Waals surface area contributed by atoms with E-state index in [9.17, 15) is 44.2 Å². The van der Waals surface area contributed by atoms with Gasteiger partial charge in [-0.1, -0.05) is 55.8 Å². The SMILES string of the molecule is CC1(C)C(=CC=C2CCC(C=CC3=[N+](CCCS(=O)(=O)O)c4ccc5cc(S(=O)(=O)[O-])ccc5c4C3(C)C)=C2Cl)N(CCCS(=O)(=O)[O-])c2ccc3cc(SOO[O-])ccc3c21. The van der Waals surface area contributed by atoms with Gasteiger partial charge in [-0.15, -0.1) is 0 Å². The van der Waals surface area contributed by atoms with Gasteiger partial charge in [0.2, 0.25) is 5.69 Å². The summed E-state index contributed by atoms with van der Waals surface area (Å²) in [5, 5.41) is 17.6. The molecular formula is C43H43ClN2O12S4-2. The van der Waals surface area contributed by atoms with E-state index in [1.54, 1.807) is 12.1 Å². The Morgan fingerprint density at radius 2 is 1.53 bits per heavy atom. The average Bonchev–Trinajstić information content (AvgIpc) is 3.72. The third kappa shape index (κ3) is 9.32. The zero-order valence-corrected chi connectivity index (χ0v) is 38.1. The zero-order valence-electron chi connectivity index (χ0n) is 34.1. The summed E-state index contributed by atoms with van der Waals surface area (Å²) in [6, 6.07) is 17.3. The van der Waals surface area contributed by atoms with E-state index in [0.29, 0.717) is 28.2 Å². The van der Waals surface area contributed by atoms with Gasteiger partial charge in [-0.3, -0.25) is 9.59 Å². The van der Waals surface area contributed by atoms with E-state index in [1.807, 2.05) is 84.0 Å². The summed E-state index contributed by atoms with van der Waals surface area (Å²) in [5.74, 6) is -0.965. The van der Waals surface area contributed by atoms with Crippen LogP contribution in [0.25, 0.3) is 21.5 Å². The van der Waals surface area contributed by atoms with Crippen molar-refractivity contribution in [1.82, 2.24) is 0 Å². The fourth-order valence-corrected chi connectivity index (χ4v) is 11.3.